The predicted molar refractivity (Wildman–Crippen MR) is 165 cm³/mol. The Balaban J connectivity index is 1.08. The fourth-order valence-corrected chi connectivity index (χ4v) is 6.00. The number of hydrogen-bond donors (Lipinski definition) is 0. The first-order valence-electron chi connectivity index (χ1n) is 15.4. The Morgan fingerprint density at radius 1 is 1.09 bits per heavy atom. The van der Waals surface area contributed by atoms with E-state index >= 15 is 0 Å². The lowest BCUT2D eigenvalue weighted by molar-refractivity contribution is -0.171. The highest BCUT2D eigenvalue weighted by Crippen LogP contribution is 2.39. The maximum Gasteiger partial charge on any atom is 0.404 e. The van der Waals surface area contributed by atoms with Crippen LogP contribution in [0.15, 0.2) is 40.9 Å². The normalized spacial score (nSPS) is 16.3. The second-order valence-corrected chi connectivity index (χ2v) is 12.4. The summed E-state index contributed by atoms with van der Waals surface area (Å²) in [5.74, 6) is -0.823. The minimum absolute atomic E-state index is 0.113. The molecule has 2 amide bonds. The average molecular weight is 663 g/mol. The van der Waals surface area contributed by atoms with Crippen LogP contribution in [0.4, 0.5) is 19.0 Å². The molecule has 0 bridgehead atoms. The predicted octanol–water partition coefficient (Wildman–Crippen LogP) is 6.08. The van der Waals surface area contributed by atoms with Gasteiger partial charge in [0.1, 0.15) is 16.7 Å². The number of hydrogen-bond acceptors (Lipinski definition) is 8. The Kier molecular flexibility index (Phi) is 10.4. The lowest BCUT2D eigenvalue weighted by atomic mass is 9.92. The van der Waals surface area contributed by atoms with E-state index in [1.54, 1.807) is 25.2 Å². The molecule has 248 valence electrons. The number of ether oxygens (including phenoxy) is 1. The van der Waals surface area contributed by atoms with Crippen LogP contribution in [0.3, 0.4) is 0 Å². The van der Waals surface area contributed by atoms with E-state index in [0.717, 1.165) is 45.2 Å². The molecule has 10 nitrogen and oxygen atoms in total. The molecule has 1 unspecified atom stereocenters. The fourth-order valence-electron chi connectivity index (χ4n) is 5.77. The van der Waals surface area contributed by atoms with Crippen LogP contribution in [0, 0.1) is 5.92 Å². The first-order chi connectivity index (χ1) is 21.9. The van der Waals surface area contributed by atoms with Crippen LogP contribution in [-0.2, 0) is 11.3 Å². The molecule has 0 N–H and O–H groups in total. The van der Waals surface area contributed by atoms with Crippen molar-refractivity contribution >= 4 is 29.2 Å². The van der Waals surface area contributed by atoms with Gasteiger partial charge >= 0.3 is 6.18 Å². The monoisotopic (exact) mass is 662 g/mol. The van der Waals surface area contributed by atoms with E-state index in [1.807, 2.05) is 0 Å². The molecule has 1 aromatic carbocycles. The van der Waals surface area contributed by atoms with Crippen molar-refractivity contribution in [1.82, 2.24) is 24.9 Å². The lowest BCUT2D eigenvalue weighted by Gasteiger charge is -2.33. The summed E-state index contributed by atoms with van der Waals surface area (Å²) < 4.78 is 52.1. The number of carbonyl (C=O) groups is 2. The summed E-state index contributed by atoms with van der Waals surface area (Å²) in [7, 11) is 4.43. The quantitative estimate of drug-likeness (QED) is 0.215. The van der Waals surface area contributed by atoms with Crippen molar-refractivity contribution in [3.05, 3.63) is 64.4 Å². The zero-order valence-electron chi connectivity index (χ0n) is 26.1. The van der Waals surface area contributed by atoms with Gasteiger partial charge in [-0.15, -0.1) is 0 Å². The van der Waals surface area contributed by atoms with Crippen LogP contribution in [0.5, 0.6) is 5.75 Å². The van der Waals surface area contributed by atoms with E-state index in [-0.39, 0.29) is 41.0 Å². The van der Waals surface area contributed by atoms with E-state index < -0.39 is 18.0 Å². The lowest BCUT2D eigenvalue weighted by Crippen LogP contribution is -2.39. The van der Waals surface area contributed by atoms with Crippen molar-refractivity contribution in [2.24, 2.45) is 5.92 Å². The van der Waals surface area contributed by atoms with E-state index in [0.29, 0.717) is 35.8 Å². The number of benzene rings is 1. The van der Waals surface area contributed by atoms with Crippen LogP contribution in [-0.4, -0.2) is 83.8 Å². The van der Waals surface area contributed by atoms with Crippen molar-refractivity contribution in [2.75, 3.05) is 45.7 Å². The average Bonchev–Trinajstić information content (AvgIpc) is 3.78. The second kappa shape index (κ2) is 14.3. The number of aromatic nitrogens is 3. The first-order valence-corrected chi connectivity index (χ1v) is 15.8. The van der Waals surface area contributed by atoms with Gasteiger partial charge in [-0.3, -0.25) is 9.59 Å². The third kappa shape index (κ3) is 8.09. The molecule has 2 aliphatic rings. The number of anilines is 1. The molecule has 0 spiro atoms. The van der Waals surface area contributed by atoms with Gasteiger partial charge in [0.2, 0.25) is 11.8 Å². The molecule has 3 aromatic rings. The van der Waals surface area contributed by atoms with Gasteiger partial charge in [-0.25, -0.2) is 4.98 Å². The van der Waals surface area contributed by atoms with Gasteiger partial charge in [-0.1, -0.05) is 28.9 Å². The van der Waals surface area contributed by atoms with Crippen molar-refractivity contribution < 1.29 is 32.0 Å². The van der Waals surface area contributed by atoms with E-state index in [9.17, 15) is 22.8 Å². The first kappa shape index (κ1) is 33.5. The van der Waals surface area contributed by atoms with E-state index in [4.69, 9.17) is 20.9 Å². The second-order valence-electron chi connectivity index (χ2n) is 12.1. The molecule has 5 rings (SSSR count). The highest BCUT2D eigenvalue weighted by molar-refractivity contribution is 6.32. The molecule has 2 aromatic heterocycles. The summed E-state index contributed by atoms with van der Waals surface area (Å²) in [6.45, 7) is 1.87. The van der Waals surface area contributed by atoms with Gasteiger partial charge in [0.05, 0.1) is 19.2 Å². The molecular formula is C32H38ClF3N6O4. The maximum absolute atomic E-state index is 13.9. The molecular weight excluding hydrogens is 625 g/mol. The van der Waals surface area contributed by atoms with Crippen LogP contribution in [0.25, 0.3) is 0 Å². The zero-order chi connectivity index (χ0) is 33.0. The summed E-state index contributed by atoms with van der Waals surface area (Å²) >= 11 is 6.46. The molecule has 1 aliphatic heterocycles. The van der Waals surface area contributed by atoms with E-state index in [2.05, 4.69) is 20.0 Å². The Morgan fingerprint density at radius 2 is 1.83 bits per heavy atom. The number of alkyl halides is 3. The van der Waals surface area contributed by atoms with Gasteiger partial charge in [0.15, 0.2) is 11.7 Å². The van der Waals surface area contributed by atoms with Crippen molar-refractivity contribution in [3.63, 3.8) is 0 Å². The third-order valence-electron chi connectivity index (χ3n) is 8.62. The van der Waals surface area contributed by atoms with Crippen LogP contribution in [0.2, 0.25) is 5.15 Å². The largest absolute Gasteiger partial charge is 0.497 e. The van der Waals surface area contributed by atoms with Gasteiger partial charge in [-0.2, -0.15) is 18.2 Å². The third-order valence-corrected chi connectivity index (χ3v) is 8.91. The SMILES string of the molecule is COc1cccc(C(C(=O)N(C)CCCC2CCN(c3ccc(C(=O)N(C)Cc4noc(C5CC5)n4)c(Cl)n3)CC2)C(F)(F)F)c1. The maximum atomic E-state index is 13.9. The van der Waals surface area contributed by atoms with Crippen LogP contribution in [0.1, 0.15) is 78.0 Å². The minimum Gasteiger partial charge on any atom is -0.497 e. The molecule has 0 radical (unpaired) electrons. The molecule has 1 aliphatic carbocycles. The zero-order valence-corrected chi connectivity index (χ0v) is 26.9. The molecule has 1 saturated carbocycles. The topological polar surface area (TPSA) is 105 Å². The Bertz CT molecular complexity index is 1520. The minimum atomic E-state index is -4.72. The fraction of sp³-hybridized carbons (Fsp3) is 0.531. The van der Waals surface area contributed by atoms with Crippen molar-refractivity contribution in [1.29, 1.82) is 0 Å². The molecule has 1 saturated heterocycles. The molecule has 1 atom stereocenters. The van der Waals surface area contributed by atoms with Crippen molar-refractivity contribution in [3.8, 4) is 5.75 Å². The van der Waals surface area contributed by atoms with Gasteiger partial charge in [0, 0.05) is 39.6 Å². The molecule has 14 heteroatoms. The van der Waals surface area contributed by atoms with Gasteiger partial charge < -0.3 is 24.0 Å². The standard InChI is InChI=1S/C32H38ClF3N6O4/c1-40(31(44)27(32(34,35)36)22-7-4-8-23(18-22)45-3)15-5-6-20-13-16-42(17-14-20)26-12-11-24(28(33)38-26)30(43)41(2)19-25-37-29(46-39-25)21-9-10-21/h4,7-8,11-12,18,20-21,27H,5-6,9-10,13-17,19H2,1-3H3. The molecule has 3 heterocycles. The highest BCUT2D eigenvalue weighted by Gasteiger charge is 2.47. The molecule has 2 fully saturated rings. The number of amides is 2. The number of carbonyl (C=O) groups excluding carboxylic acids is 2. The van der Waals surface area contributed by atoms with Gasteiger partial charge in [0.25, 0.3) is 5.91 Å². The number of piperidine rings is 1. The summed E-state index contributed by atoms with van der Waals surface area (Å²) in [5.41, 5.74) is 0.145. The Hall–Kier alpha value is -3.87. The van der Waals surface area contributed by atoms with Crippen LogP contribution >= 0.6 is 11.6 Å². The molecule has 46 heavy (non-hydrogen) atoms. The highest BCUT2D eigenvalue weighted by atomic mass is 35.5. The summed E-state index contributed by atoms with van der Waals surface area (Å²) in [6, 6.07) is 9.01. The van der Waals surface area contributed by atoms with E-state index in [1.165, 1.54) is 42.2 Å². The van der Waals surface area contributed by atoms with Crippen LogP contribution < -0.4 is 9.64 Å². The number of methoxy groups -OCH3 is 1. The summed E-state index contributed by atoms with van der Waals surface area (Å²) in [6.07, 6.45) is 0.475. The number of likely N-dealkylation sites (N-methyl/N-ethyl adjacent to an activating group) is 1. The number of pyridine rings is 1. The van der Waals surface area contributed by atoms with Crippen molar-refractivity contribution in [2.45, 2.75) is 63.1 Å². The number of halogens is 4. The Morgan fingerprint density at radius 3 is 2.48 bits per heavy atom. The van der Waals surface area contributed by atoms with Gasteiger partial charge in [-0.05, 0) is 74.3 Å². The summed E-state index contributed by atoms with van der Waals surface area (Å²) in [4.78, 5) is 39.6. The Labute approximate surface area is 270 Å². The smallest absolute Gasteiger partial charge is 0.404 e. The summed E-state index contributed by atoms with van der Waals surface area (Å²) in [5, 5.41) is 4.08. The number of rotatable bonds is 12. The number of nitrogens with zero attached hydrogens (tertiary/aromatic N) is 6.